The third kappa shape index (κ3) is 3.78. The van der Waals surface area contributed by atoms with Gasteiger partial charge in [0.1, 0.15) is 0 Å². The van der Waals surface area contributed by atoms with Crippen LogP contribution in [0.15, 0.2) is 29.2 Å². The van der Waals surface area contributed by atoms with Crippen LogP contribution in [0.4, 0.5) is 0 Å². The molecular formula is C13H17NO4S. The van der Waals surface area contributed by atoms with Crippen molar-refractivity contribution in [3.63, 3.8) is 0 Å². The Kier molecular flexibility index (Phi) is 4.21. The molecule has 1 unspecified atom stereocenters. The van der Waals surface area contributed by atoms with E-state index in [1.165, 1.54) is 12.1 Å². The average molecular weight is 283 g/mol. The van der Waals surface area contributed by atoms with Crippen LogP contribution in [0.3, 0.4) is 0 Å². The molecule has 0 aromatic heterocycles. The van der Waals surface area contributed by atoms with Gasteiger partial charge in [0, 0.05) is 13.0 Å². The van der Waals surface area contributed by atoms with Gasteiger partial charge in [-0.25, -0.2) is 0 Å². The standard InChI is InChI=1S/C13H17NO4S/c1-10-2-4-12(5-3-10)19(16,17)18-9-11-6-7-14-13(15)8-11/h2-5,11H,6-9H2,1H3,(H,14,15). The highest BCUT2D eigenvalue weighted by Gasteiger charge is 2.23. The predicted molar refractivity (Wildman–Crippen MR) is 70.1 cm³/mol. The van der Waals surface area contributed by atoms with Gasteiger partial charge in [-0.15, -0.1) is 0 Å². The van der Waals surface area contributed by atoms with Gasteiger partial charge in [-0.05, 0) is 31.4 Å². The van der Waals surface area contributed by atoms with Gasteiger partial charge < -0.3 is 5.32 Å². The van der Waals surface area contributed by atoms with Crippen LogP contribution >= 0.6 is 0 Å². The summed E-state index contributed by atoms with van der Waals surface area (Å²) in [5, 5.41) is 2.70. The summed E-state index contributed by atoms with van der Waals surface area (Å²) in [6.07, 6.45) is 1.07. The number of carbonyl (C=O) groups is 1. The number of piperidine rings is 1. The zero-order valence-electron chi connectivity index (χ0n) is 10.8. The molecule has 19 heavy (non-hydrogen) atoms. The fourth-order valence-electron chi connectivity index (χ4n) is 1.95. The van der Waals surface area contributed by atoms with Crippen LogP contribution in [0.5, 0.6) is 0 Å². The summed E-state index contributed by atoms with van der Waals surface area (Å²) < 4.78 is 28.9. The Labute approximate surface area is 113 Å². The minimum atomic E-state index is -3.73. The normalized spacial score (nSPS) is 20.1. The first kappa shape index (κ1) is 14.0. The van der Waals surface area contributed by atoms with E-state index in [0.29, 0.717) is 13.0 Å². The molecule has 104 valence electrons. The van der Waals surface area contributed by atoms with Gasteiger partial charge in [0.05, 0.1) is 11.5 Å². The zero-order valence-corrected chi connectivity index (χ0v) is 11.6. The first-order chi connectivity index (χ1) is 8.97. The average Bonchev–Trinajstić information content (AvgIpc) is 2.37. The molecule has 1 aliphatic rings. The van der Waals surface area contributed by atoms with Crippen LogP contribution in [-0.4, -0.2) is 27.5 Å². The summed E-state index contributed by atoms with van der Waals surface area (Å²) in [4.78, 5) is 11.3. The van der Waals surface area contributed by atoms with Gasteiger partial charge >= 0.3 is 0 Å². The maximum Gasteiger partial charge on any atom is 0.296 e. The van der Waals surface area contributed by atoms with Crippen molar-refractivity contribution < 1.29 is 17.4 Å². The van der Waals surface area contributed by atoms with E-state index in [9.17, 15) is 13.2 Å². The molecule has 1 atom stereocenters. The van der Waals surface area contributed by atoms with E-state index in [1.807, 2.05) is 6.92 Å². The van der Waals surface area contributed by atoms with Crippen molar-refractivity contribution >= 4 is 16.0 Å². The maximum absolute atomic E-state index is 11.9. The quantitative estimate of drug-likeness (QED) is 0.843. The molecule has 5 nitrogen and oxygen atoms in total. The number of carbonyl (C=O) groups excluding carboxylic acids is 1. The highest BCUT2D eigenvalue weighted by atomic mass is 32.2. The monoisotopic (exact) mass is 283 g/mol. The lowest BCUT2D eigenvalue weighted by molar-refractivity contribution is -0.123. The van der Waals surface area contributed by atoms with E-state index in [4.69, 9.17) is 4.18 Å². The van der Waals surface area contributed by atoms with Crippen LogP contribution in [0.1, 0.15) is 18.4 Å². The second-order valence-electron chi connectivity index (χ2n) is 4.76. The van der Waals surface area contributed by atoms with Gasteiger partial charge in [-0.1, -0.05) is 17.7 Å². The summed E-state index contributed by atoms with van der Waals surface area (Å²) >= 11 is 0. The van der Waals surface area contributed by atoms with Crippen molar-refractivity contribution in [1.82, 2.24) is 5.32 Å². The van der Waals surface area contributed by atoms with E-state index in [1.54, 1.807) is 12.1 Å². The number of nitrogens with one attached hydrogen (secondary N) is 1. The molecule has 2 rings (SSSR count). The van der Waals surface area contributed by atoms with Crippen LogP contribution in [-0.2, 0) is 19.1 Å². The van der Waals surface area contributed by atoms with Crippen molar-refractivity contribution in [1.29, 1.82) is 0 Å². The zero-order chi connectivity index (χ0) is 13.9. The lowest BCUT2D eigenvalue weighted by Gasteiger charge is -2.21. The van der Waals surface area contributed by atoms with Crippen molar-refractivity contribution in [3.8, 4) is 0 Å². The van der Waals surface area contributed by atoms with Crippen molar-refractivity contribution in [2.45, 2.75) is 24.7 Å². The number of hydrogen-bond acceptors (Lipinski definition) is 4. The number of amides is 1. The second kappa shape index (κ2) is 5.71. The van der Waals surface area contributed by atoms with Gasteiger partial charge in [0.2, 0.25) is 5.91 Å². The van der Waals surface area contributed by atoms with Crippen LogP contribution in [0.2, 0.25) is 0 Å². The molecule has 0 radical (unpaired) electrons. The molecule has 1 N–H and O–H groups in total. The third-order valence-electron chi connectivity index (χ3n) is 3.12. The van der Waals surface area contributed by atoms with E-state index < -0.39 is 10.1 Å². The molecule has 0 spiro atoms. The molecule has 1 heterocycles. The molecule has 0 bridgehead atoms. The molecule has 1 aromatic rings. The molecule has 0 saturated carbocycles. The maximum atomic E-state index is 11.9. The Morgan fingerprint density at radius 1 is 1.32 bits per heavy atom. The van der Waals surface area contributed by atoms with Crippen molar-refractivity contribution in [3.05, 3.63) is 29.8 Å². The van der Waals surface area contributed by atoms with E-state index in [-0.39, 0.29) is 23.3 Å². The summed E-state index contributed by atoms with van der Waals surface area (Å²) in [5.41, 5.74) is 0.989. The third-order valence-corrected chi connectivity index (χ3v) is 4.41. The Morgan fingerprint density at radius 2 is 2.00 bits per heavy atom. The van der Waals surface area contributed by atoms with Crippen LogP contribution in [0.25, 0.3) is 0 Å². The van der Waals surface area contributed by atoms with Crippen molar-refractivity contribution in [2.75, 3.05) is 13.2 Å². The number of hydrogen-bond donors (Lipinski definition) is 1. The van der Waals surface area contributed by atoms with Gasteiger partial charge in [-0.3, -0.25) is 8.98 Å². The summed E-state index contributed by atoms with van der Waals surface area (Å²) in [6, 6.07) is 6.51. The first-order valence-corrected chi connectivity index (χ1v) is 7.61. The molecule has 1 aliphatic heterocycles. The topological polar surface area (TPSA) is 72.5 Å². The number of benzene rings is 1. The van der Waals surface area contributed by atoms with Gasteiger partial charge in [0.25, 0.3) is 10.1 Å². The smallest absolute Gasteiger partial charge is 0.296 e. The van der Waals surface area contributed by atoms with E-state index in [0.717, 1.165) is 12.0 Å². The lowest BCUT2D eigenvalue weighted by atomic mass is 9.99. The molecule has 6 heteroatoms. The second-order valence-corrected chi connectivity index (χ2v) is 6.38. The minimum Gasteiger partial charge on any atom is -0.356 e. The van der Waals surface area contributed by atoms with Gasteiger partial charge in [0.15, 0.2) is 0 Å². The highest BCUT2D eigenvalue weighted by molar-refractivity contribution is 7.86. The SMILES string of the molecule is Cc1ccc(S(=O)(=O)OCC2CCNC(=O)C2)cc1. The molecule has 1 amide bonds. The largest absolute Gasteiger partial charge is 0.356 e. The Bertz CT molecular complexity index is 551. The Morgan fingerprint density at radius 3 is 2.63 bits per heavy atom. The Hall–Kier alpha value is -1.40. The van der Waals surface area contributed by atoms with Crippen molar-refractivity contribution in [2.24, 2.45) is 5.92 Å². The summed E-state index contributed by atoms with van der Waals surface area (Å²) in [7, 11) is -3.73. The predicted octanol–water partition coefficient (Wildman–Crippen LogP) is 1.23. The van der Waals surface area contributed by atoms with Crippen LogP contribution in [0, 0.1) is 12.8 Å². The fraction of sp³-hybridized carbons (Fsp3) is 0.462. The van der Waals surface area contributed by atoms with E-state index in [2.05, 4.69) is 5.32 Å². The first-order valence-electron chi connectivity index (χ1n) is 6.20. The lowest BCUT2D eigenvalue weighted by Crippen LogP contribution is -2.35. The molecule has 1 fully saturated rings. The minimum absolute atomic E-state index is 0.0334. The van der Waals surface area contributed by atoms with Crippen LogP contribution < -0.4 is 5.32 Å². The highest BCUT2D eigenvalue weighted by Crippen LogP contribution is 2.18. The Balaban J connectivity index is 1.97. The summed E-state index contributed by atoms with van der Waals surface area (Å²) in [5.74, 6) is -0.0819. The summed E-state index contributed by atoms with van der Waals surface area (Å²) in [6.45, 7) is 2.53. The molecule has 1 aromatic carbocycles. The molecular weight excluding hydrogens is 266 g/mol. The van der Waals surface area contributed by atoms with E-state index >= 15 is 0 Å². The molecule has 0 aliphatic carbocycles. The number of rotatable bonds is 4. The van der Waals surface area contributed by atoms with Gasteiger partial charge in [-0.2, -0.15) is 8.42 Å². The number of aryl methyl sites for hydroxylation is 1. The fourth-order valence-corrected chi connectivity index (χ4v) is 2.93. The molecule has 1 saturated heterocycles.